The van der Waals surface area contributed by atoms with E-state index in [9.17, 15) is 22.9 Å². The molecule has 1 aromatic carbocycles. The monoisotopic (exact) mass is 385 g/mol. The third kappa shape index (κ3) is 3.03. The minimum atomic E-state index is -0.695. The van der Waals surface area contributed by atoms with E-state index in [1.807, 2.05) is 0 Å². The van der Waals surface area contributed by atoms with Gasteiger partial charge in [-0.05, 0) is 12.1 Å². The summed E-state index contributed by atoms with van der Waals surface area (Å²) in [5.74, 6) is -0.252. The van der Waals surface area contributed by atoms with Crippen LogP contribution in [0.25, 0.3) is 0 Å². The molecule has 2 aliphatic heterocycles. The van der Waals surface area contributed by atoms with Crippen LogP contribution in [0.5, 0.6) is 0 Å². The van der Waals surface area contributed by atoms with E-state index < -0.39 is 35.0 Å². The third-order valence-electron chi connectivity index (χ3n) is 5.26. The Morgan fingerprint density at radius 1 is 1.35 bits per heavy atom. The van der Waals surface area contributed by atoms with Crippen molar-refractivity contribution < 1.29 is 27.7 Å². The van der Waals surface area contributed by atoms with Gasteiger partial charge in [0.25, 0.3) is 0 Å². The van der Waals surface area contributed by atoms with E-state index in [1.165, 1.54) is 11.8 Å². The zero-order chi connectivity index (χ0) is 18.6. The van der Waals surface area contributed by atoms with Crippen molar-refractivity contribution in [2.24, 2.45) is 11.8 Å². The van der Waals surface area contributed by atoms with Gasteiger partial charge < -0.3 is 10.1 Å². The molecule has 6 nitrogen and oxygen atoms in total. The lowest BCUT2D eigenvalue weighted by molar-refractivity contribution is -0.119. The van der Waals surface area contributed by atoms with E-state index in [4.69, 9.17) is 4.74 Å². The van der Waals surface area contributed by atoms with Gasteiger partial charge in [-0.3, -0.25) is 9.69 Å². The van der Waals surface area contributed by atoms with Gasteiger partial charge in [0.15, 0.2) is 0 Å². The van der Waals surface area contributed by atoms with E-state index in [-0.39, 0.29) is 48.0 Å². The lowest BCUT2D eigenvalue weighted by Gasteiger charge is -2.15. The van der Waals surface area contributed by atoms with Gasteiger partial charge >= 0.3 is 6.09 Å². The van der Waals surface area contributed by atoms with Crippen molar-refractivity contribution in [1.29, 1.82) is 0 Å². The van der Waals surface area contributed by atoms with Crippen LogP contribution in [0.4, 0.5) is 19.3 Å². The maximum Gasteiger partial charge on any atom is 0.414 e. The van der Waals surface area contributed by atoms with Gasteiger partial charge in [-0.1, -0.05) is 0 Å². The number of benzene rings is 1. The van der Waals surface area contributed by atoms with Crippen molar-refractivity contribution in [3.63, 3.8) is 0 Å². The number of halogens is 2. The fourth-order valence-electron chi connectivity index (χ4n) is 3.98. The molecule has 3 fully saturated rings. The van der Waals surface area contributed by atoms with Crippen molar-refractivity contribution in [2.75, 3.05) is 29.5 Å². The average Bonchev–Trinajstić information content (AvgIpc) is 2.91. The first kappa shape index (κ1) is 17.5. The third-order valence-corrected chi connectivity index (χ3v) is 6.80. The number of hydrogen-bond acceptors (Lipinski definition) is 4. The number of carbonyl (C=O) groups excluding carboxylic acids is 2. The summed E-state index contributed by atoms with van der Waals surface area (Å²) in [7, 11) is 0. The first-order valence-electron chi connectivity index (χ1n) is 8.43. The molecule has 26 heavy (non-hydrogen) atoms. The molecule has 0 spiro atoms. The Kier molecular flexibility index (Phi) is 4.31. The van der Waals surface area contributed by atoms with E-state index in [0.717, 1.165) is 12.1 Å². The number of anilines is 1. The largest absolute Gasteiger partial charge is 0.442 e. The van der Waals surface area contributed by atoms with E-state index in [1.54, 1.807) is 0 Å². The van der Waals surface area contributed by atoms with Crippen LogP contribution in [0.2, 0.25) is 0 Å². The minimum absolute atomic E-state index is 0.0582. The van der Waals surface area contributed by atoms with Gasteiger partial charge in [0.1, 0.15) is 40.4 Å². The molecule has 0 bridgehead atoms. The van der Waals surface area contributed by atoms with Crippen LogP contribution in [0, 0.1) is 23.5 Å². The summed E-state index contributed by atoms with van der Waals surface area (Å²) in [6, 6.07) is 2.32. The van der Waals surface area contributed by atoms with Gasteiger partial charge in [-0.15, -0.1) is 0 Å². The summed E-state index contributed by atoms with van der Waals surface area (Å²) >= 11 is -0.626. The highest BCUT2D eigenvalue weighted by atomic mass is 32.2. The molecule has 1 aliphatic carbocycles. The van der Waals surface area contributed by atoms with E-state index in [2.05, 4.69) is 5.32 Å². The van der Waals surface area contributed by atoms with Crippen molar-refractivity contribution in [3.05, 3.63) is 29.3 Å². The van der Waals surface area contributed by atoms with Gasteiger partial charge in [0, 0.05) is 30.2 Å². The lowest BCUT2D eigenvalue weighted by atomic mass is 10.1. The Morgan fingerprint density at radius 3 is 2.54 bits per heavy atom. The number of fused-ring (bicyclic) bond motifs is 1. The number of rotatable bonds is 4. The SMILES string of the molecule is CC(=O)NC[C@H]1CN(c2cc(F)c(C3[C@H]4C[S+](O)C[C@@H]34)c(F)c2)C(=O)O1. The summed E-state index contributed by atoms with van der Waals surface area (Å²) in [6.07, 6.45) is -1.26. The standard InChI is InChI=1S/C17H18F2N2O4S/c1-8(22)20-4-10-5-21(17(23)25-10)9-2-13(18)16(14(19)3-9)15-11-6-26(24)7-12(11)15/h2-3,10-12,15,24H,4-7H2,1H3/p+1/t10-,11-,12+,15?,26?/m0/s1. The normalized spacial score (nSPS) is 32.4. The first-order valence-corrected chi connectivity index (χ1v) is 9.95. The van der Waals surface area contributed by atoms with Crippen LogP contribution in [-0.2, 0) is 20.7 Å². The second-order valence-corrected chi connectivity index (χ2v) is 8.62. The molecular formula is C17H19F2N2O4S+. The predicted molar refractivity (Wildman–Crippen MR) is 92.1 cm³/mol. The van der Waals surface area contributed by atoms with Crippen LogP contribution < -0.4 is 10.2 Å². The maximum atomic E-state index is 14.6. The molecule has 2 heterocycles. The number of nitrogens with zero attached hydrogens (tertiary/aromatic N) is 1. The highest BCUT2D eigenvalue weighted by molar-refractivity contribution is 7.91. The summed E-state index contributed by atoms with van der Waals surface area (Å²) < 4.78 is 43.9. The van der Waals surface area contributed by atoms with Gasteiger partial charge in [-0.25, -0.2) is 13.6 Å². The predicted octanol–water partition coefficient (Wildman–Crippen LogP) is 1.86. The molecule has 0 radical (unpaired) electrons. The number of cyclic esters (lactones) is 1. The van der Waals surface area contributed by atoms with E-state index in [0.29, 0.717) is 11.5 Å². The summed E-state index contributed by atoms with van der Waals surface area (Å²) in [6.45, 7) is 1.61. The Hall–Kier alpha value is -1.87. The fraction of sp³-hybridized carbons (Fsp3) is 0.529. The molecule has 4 rings (SSSR count). The molecule has 2 unspecified atom stereocenters. The average molecular weight is 385 g/mol. The lowest BCUT2D eigenvalue weighted by Crippen LogP contribution is -2.33. The molecule has 3 aliphatic rings. The maximum absolute atomic E-state index is 14.6. The highest BCUT2D eigenvalue weighted by Gasteiger charge is 2.63. The number of nitrogens with one attached hydrogen (secondary N) is 1. The molecule has 5 atom stereocenters. The Bertz CT molecular complexity index is 742. The van der Waals surface area contributed by atoms with Crippen LogP contribution in [0.1, 0.15) is 18.4 Å². The van der Waals surface area contributed by atoms with Gasteiger partial charge in [0.05, 0.1) is 18.8 Å². The minimum Gasteiger partial charge on any atom is -0.442 e. The molecule has 2 saturated heterocycles. The number of amides is 2. The number of ether oxygens (including phenoxy) is 1. The number of hydrogen-bond donors (Lipinski definition) is 2. The van der Waals surface area contributed by atoms with Crippen molar-refractivity contribution in [2.45, 2.75) is 18.9 Å². The number of carbonyl (C=O) groups is 2. The van der Waals surface area contributed by atoms with Crippen LogP contribution >= 0.6 is 0 Å². The second kappa shape index (κ2) is 6.38. The molecule has 2 amide bonds. The van der Waals surface area contributed by atoms with Crippen molar-refractivity contribution in [1.82, 2.24) is 5.32 Å². The summed E-state index contributed by atoms with van der Waals surface area (Å²) in [4.78, 5) is 24.1. The zero-order valence-electron chi connectivity index (χ0n) is 14.1. The quantitative estimate of drug-likeness (QED) is 0.776. The molecule has 9 heteroatoms. The van der Waals surface area contributed by atoms with Crippen LogP contribution in [0.15, 0.2) is 12.1 Å². The van der Waals surface area contributed by atoms with Gasteiger partial charge in [-0.2, -0.15) is 4.55 Å². The first-order chi connectivity index (χ1) is 12.3. The molecule has 1 aromatic rings. The van der Waals surface area contributed by atoms with Crippen LogP contribution in [0.3, 0.4) is 0 Å². The Morgan fingerprint density at radius 2 is 1.96 bits per heavy atom. The molecule has 1 saturated carbocycles. The Labute approximate surface area is 152 Å². The molecule has 2 N–H and O–H groups in total. The topological polar surface area (TPSA) is 78.9 Å². The summed E-state index contributed by atoms with van der Waals surface area (Å²) in [5.41, 5.74) is 0.162. The Balaban J connectivity index is 1.50. The smallest absolute Gasteiger partial charge is 0.414 e. The highest BCUT2D eigenvalue weighted by Crippen LogP contribution is 2.60. The molecule has 140 valence electrons. The van der Waals surface area contributed by atoms with Gasteiger partial charge in [0.2, 0.25) is 5.91 Å². The van der Waals surface area contributed by atoms with Crippen molar-refractivity contribution in [3.8, 4) is 0 Å². The zero-order valence-corrected chi connectivity index (χ0v) is 14.9. The fourth-order valence-corrected chi connectivity index (χ4v) is 5.92. The second-order valence-electron chi connectivity index (χ2n) is 7.03. The van der Waals surface area contributed by atoms with Crippen molar-refractivity contribution >= 4 is 28.9 Å². The van der Waals surface area contributed by atoms with Crippen LogP contribution in [-0.4, -0.2) is 47.3 Å². The molecule has 0 aromatic heterocycles. The van der Waals surface area contributed by atoms with E-state index >= 15 is 0 Å². The summed E-state index contributed by atoms with van der Waals surface area (Å²) in [5, 5.41) is 2.55. The molecular weight excluding hydrogens is 366 g/mol.